The molecule has 0 saturated heterocycles. The second kappa shape index (κ2) is 4.68. The van der Waals surface area contributed by atoms with Gasteiger partial charge in [0.05, 0.1) is 12.3 Å². The molecular weight excluding hydrogens is 196 g/mol. The highest BCUT2D eigenvalue weighted by Gasteiger charge is 2.16. The Bertz CT molecular complexity index is 348. The van der Waals surface area contributed by atoms with Crippen molar-refractivity contribution in [1.29, 1.82) is 0 Å². The Morgan fingerprint density at radius 3 is 2.93 bits per heavy atom. The van der Waals surface area contributed by atoms with E-state index in [0.717, 1.165) is 0 Å². The van der Waals surface area contributed by atoms with Crippen LogP contribution >= 0.6 is 0 Å². The fourth-order valence-corrected chi connectivity index (χ4v) is 1.15. The molecule has 0 fully saturated rings. The zero-order chi connectivity index (χ0) is 11.4. The van der Waals surface area contributed by atoms with E-state index in [0.29, 0.717) is 18.1 Å². The lowest BCUT2D eigenvalue weighted by atomic mass is 10.3. The van der Waals surface area contributed by atoms with Gasteiger partial charge in [-0.15, -0.1) is 0 Å². The third-order valence-electron chi connectivity index (χ3n) is 1.85. The van der Waals surface area contributed by atoms with Crippen molar-refractivity contribution in [2.45, 2.75) is 19.9 Å². The summed E-state index contributed by atoms with van der Waals surface area (Å²) >= 11 is 0. The smallest absolute Gasteiger partial charge is 0.328 e. The maximum atomic E-state index is 11.3. The van der Waals surface area contributed by atoms with Crippen molar-refractivity contribution in [3.8, 4) is 0 Å². The molecule has 0 aliphatic carbocycles. The molecule has 15 heavy (non-hydrogen) atoms. The fourth-order valence-electron chi connectivity index (χ4n) is 1.15. The number of aryl methyl sites for hydroxylation is 1. The van der Waals surface area contributed by atoms with Crippen LogP contribution in [-0.4, -0.2) is 28.4 Å². The minimum atomic E-state index is -0.456. The van der Waals surface area contributed by atoms with Crippen LogP contribution in [-0.2, 0) is 16.6 Å². The van der Waals surface area contributed by atoms with Gasteiger partial charge in [0, 0.05) is 13.2 Å². The molecule has 0 aromatic carbocycles. The number of carbonyl (C=O) groups excluding carboxylic acids is 1. The van der Waals surface area contributed by atoms with Gasteiger partial charge in [0.1, 0.15) is 6.04 Å². The van der Waals surface area contributed by atoms with E-state index in [1.807, 2.05) is 0 Å². The zero-order valence-corrected chi connectivity index (χ0v) is 9.15. The van der Waals surface area contributed by atoms with Crippen LogP contribution in [0.3, 0.4) is 0 Å². The van der Waals surface area contributed by atoms with Gasteiger partial charge in [-0.2, -0.15) is 5.10 Å². The number of rotatable bonds is 4. The number of hydrogen-bond acceptors (Lipinski definition) is 5. The molecule has 1 heterocycles. The van der Waals surface area contributed by atoms with Crippen molar-refractivity contribution < 1.29 is 9.53 Å². The van der Waals surface area contributed by atoms with Gasteiger partial charge in [-0.1, -0.05) is 0 Å². The molecule has 6 nitrogen and oxygen atoms in total. The first kappa shape index (κ1) is 11.4. The van der Waals surface area contributed by atoms with Crippen LogP contribution in [0.2, 0.25) is 0 Å². The third-order valence-corrected chi connectivity index (χ3v) is 1.85. The standard InChI is InChI=1S/C9H16N4O2/c1-4-15-9(14)6(2)11-8-7(10)5-13(3)12-8/h5-6H,4,10H2,1-3H3,(H,11,12). The van der Waals surface area contributed by atoms with Crippen molar-refractivity contribution >= 4 is 17.5 Å². The van der Waals surface area contributed by atoms with Crippen LogP contribution in [0.25, 0.3) is 0 Å². The van der Waals surface area contributed by atoms with E-state index < -0.39 is 6.04 Å². The summed E-state index contributed by atoms with van der Waals surface area (Å²) in [7, 11) is 1.76. The maximum absolute atomic E-state index is 11.3. The first-order valence-electron chi connectivity index (χ1n) is 4.77. The number of carbonyl (C=O) groups is 1. The van der Waals surface area contributed by atoms with E-state index in [1.165, 1.54) is 0 Å². The van der Waals surface area contributed by atoms with Gasteiger partial charge >= 0.3 is 5.97 Å². The molecule has 0 bridgehead atoms. The first-order chi connectivity index (χ1) is 7.04. The predicted octanol–water partition coefficient (Wildman–Crippen LogP) is 0.366. The maximum Gasteiger partial charge on any atom is 0.328 e. The quantitative estimate of drug-likeness (QED) is 0.704. The Morgan fingerprint density at radius 1 is 1.80 bits per heavy atom. The van der Waals surface area contributed by atoms with Gasteiger partial charge in [0.15, 0.2) is 5.82 Å². The van der Waals surface area contributed by atoms with Crippen LogP contribution in [0.15, 0.2) is 6.20 Å². The van der Waals surface area contributed by atoms with Crippen molar-refractivity contribution in [2.75, 3.05) is 17.7 Å². The normalized spacial score (nSPS) is 12.2. The molecule has 0 radical (unpaired) electrons. The molecule has 1 unspecified atom stereocenters. The molecule has 0 spiro atoms. The topological polar surface area (TPSA) is 82.2 Å². The molecule has 6 heteroatoms. The van der Waals surface area contributed by atoms with Gasteiger partial charge in [0.2, 0.25) is 0 Å². The summed E-state index contributed by atoms with van der Waals surface area (Å²) in [6.45, 7) is 3.83. The van der Waals surface area contributed by atoms with Gasteiger partial charge < -0.3 is 15.8 Å². The lowest BCUT2D eigenvalue weighted by Crippen LogP contribution is -2.28. The molecule has 1 aromatic rings. The predicted molar refractivity (Wildman–Crippen MR) is 57.3 cm³/mol. The zero-order valence-electron chi connectivity index (χ0n) is 9.15. The summed E-state index contributed by atoms with van der Waals surface area (Å²) in [6.07, 6.45) is 1.67. The largest absolute Gasteiger partial charge is 0.464 e. The number of ether oxygens (including phenoxy) is 1. The number of nitrogens with one attached hydrogen (secondary N) is 1. The second-order valence-electron chi connectivity index (χ2n) is 3.22. The minimum Gasteiger partial charge on any atom is -0.464 e. The van der Waals surface area contributed by atoms with Gasteiger partial charge in [-0.25, -0.2) is 4.79 Å². The summed E-state index contributed by atoms with van der Waals surface area (Å²) in [5, 5.41) is 6.95. The number of aromatic nitrogens is 2. The summed E-state index contributed by atoms with van der Waals surface area (Å²) in [5.74, 6) is 0.181. The average Bonchev–Trinajstić information content (AvgIpc) is 2.45. The molecule has 1 rings (SSSR count). The summed E-state index contributed by atoms with van der Waals surface area (Å²) in [4.78, 5) is 11.3. The number of nitrogens with two attached hydrogens (primary N) is 1. The van der Waals surface area contributed by atoms with Crippen molar-refractivity contribution in [2.24, 2.45) is 7.05 Å². The molecule has 0 aliphatic heterocycles. The first-order valence-corrected chi connectivity index (χ1v) is 4.77. The molecule has 1 aromatic heterocycles. The lowest BCUT2D eigenvalue weighted by molar-refractivity contribution is -0.143. The second-order valence-corrected chi connectivity index (χ2v) is 3.22. The van der Waals surface area contributed by atoms with Gasteiger partial charge in [0.25, 0.3) is 0 Å². The highest BCUT2D eigenvalue weighted by atomic mass is 16.5. The molecular formula is C9H16N4O2. The highest BCUT2D eigenvalue weighted by Crippen LogP contribution is 2.15. The van der Waals surface area contributed by atoms with Crippen molar-refractivity contribution in [3.63, 3.8) is 0 Å². The fraction of sp³-hybridized carbons (Fsp3) is 0.556. The molecule has 0 amide bonds. The Labute approximate surface area is 88.4 Å². The molecule has 1 atom stereocenters. The summed E-state index contributed by atoms with van der Waals surface area (Å²) < 4.78 is 6.42. The van der Waals surface area contributed by atoms with Crippen molar-refractivity contribution in [1.82, 2.24) is 9.78 Å². The van der Waals surface area contributed by atoms with E-state index in [2.05, 4.69) is 10.4 Å². The summed E-state index contributed by atoms with van der Waals surface area (Å²) in [5.41, 5.74) is 6.17. The van der Waals surface area contributed by atoms with E-state index in [1.54, 1.807) is 31.8 Å². The highest BCUT2D eigenvalue weighted by molar-refractivity contribution is 5.79. The van der Waals surface area contributed by atoms with Gasteiger partial charge in [-0.3, -0.25) is 4.68 Å². The van der Waals surface area contributed by atoms with E-state index in [4.69, 9.17) is 10.5 Å². The van der Waals surface area contributed by atoms with Crippen LogP contribution < -0.4 is 11.1 Å². The minimum absolute atomic E-state index is 0.317. The lowest BCUT2D eigenvalue weighted by Gasteiger charge is -2.11. The SMILES string of the molecule is CCOC(=O)C(C)Nc1nn(C)cc1N. The third kappa shape index (κ3) is 2.87. The van der Waals surface area contributed by atoms with E-state index in [-0.39, 0.29) is 5.97 Å². The molecule has 84 valence electrons. The Morgan fingerprint density at radius 2 is 2.47 bits per heavy atom. The Hall–Kier alpha value is -1.72. The monoisotopic (exact) mass is 212 g/mol. The molecule has 0 saturated carbocycles. The molecule has 3 N–H and O–H groups in total. The van der Waals surface area contributed by atoms with Crippen LogP contribution in [0.1, 0.15) is 13.8 Å². The van der Waals surface area contributed by atoms with Gasteiger partial charge in [-0.05, 0) is 13.8 Å². The molecule has 0 aliphatic rings. The van der Waals surface area contributed by atoms with E-state index >= 15 is 0 Å². The number of esters is 1. The summed E-state index contributed by atoms with van der Waals surface area (Å²) in [6, 6.07) is -0.456. The number of nitrogen functional groups attached to an aromatic ring is 1. The Balaban J connectivity index is 2.61. The number of anilines is 2. The average molecular weight is 212 g/mol. The number of hydrogen-bond donors (Lipinski definition) is 2. The van der Waals surface area contributed by atoms with Crippen LogP contribution in [0.5, 0.6) is 0 Å². The number of nitrogens with zero attached hydrogens (tertiary/aromatic N) is 2. The van der Waals surface area contributed by atoms with Crippen LogP contribution in [0.4, 0.5) is 11.5 Å². The van der Waals surface area contributed by atoms with Crippen molar-refractivity contribution in [3.05, 3.63) is 6.20 Å². The van der Waals surface area contributed by atoms with E-state index in [9.17, 15) is 4.79 Å². The van der Waals surface area contributed by atoms with Crippen LogP contribution in [0, 0.1) is 0 Å². The Kier molecular flexibility index (Phi) is 3.54.